The number of hydrogen-bond acceptors (Lipinski definition) is 3. The van der Waals surface area contributed by atoms with Gasteiger partial charge in [0, 0.05) is 5.56 Å². The van der Waals surface area contributed by atoms with Gasteiger partial charge in [0.15, 0.2) is 0 Å². The number of methoxy groups -OCH3 is 1. The van der Waals surface area contributed by atoms with Gasteiger partial charge in [0.2, 0.25) is 0 Å². The van der Waals surface area contributed by atoms with Gasteiger partial charge in [-0.3, -0.25) is 0 Å². The van der Waals surface area contributed by atoms with Crippen molar-refractivity contribution in [2.24, 2.45) is 0 Å². The zero-order valence-corrected chi connectivity index (χ0v) is 13.0. The van der Waals surface area contributed by atoms with Gasteiger partial charge in [-0.05, 0) is 36.8 Å². The summed E-state index contributed by atoms with van der Waals surface area (Å²) in [6, 6.07) is 13.4. The summed E-state index contributed by atoms with van der Waals surface area (Å²) in [5.74, 6) is 2.90. The average molecular weight is 307 g/mol. The lowest BCUT2D eigenvalue weighted by molar-refractivity contribution is 0.215. The largest absolute Gasteiger partial charge is 0.497 e. The van der Waals surface area contributed by atoms with Crippen LogP contribution in [-0.4, -0.2) is 20.3 Å². The van der Waals surface area contributed by atoms with Crippen LogP contribution in [0.1, 0.15) is 11.1 Å². The van der Waals surface area contributed by atoms with Crippen molar-refractivity contribution in [3.63, 3.8) is 0 Å². The number of rotatable bonds is 7. The highest BCUT2D eigenvalue weighted by molar-refractivity contribution is 6.17. The molecule has 3 nitrogen and oxygen atoms in total. The Balaban J connectivity index is 1.84. The topological polar surface area (TPSA) is 27.7 Å². The first-order valence-corrected chi connectivity index (χ1v) is 7.32. The predicted molar refractivity (Wildman–Crippen MR) is 84.7 cm³/mol. The molecule has 0 heterocycles. The maximum atomic E-state index is 5.92. The summed E-state index contributed by atoms with van der Waals surface area (Å²) in [5, 5.41) is 0. The van der Waals surface area contributed by atoms with Crippen LogP contribution in [0.15, 0.2) is 42.5 Å². The van der Waals surface area contributed by atoms with Crippen LogP contribution in [0.5, 0.6) is 17.2 Å². The number of ether oxygens (including phenoxy) is 3. The molecule has 21 heavy (non-hydrogen) atoms. The predicted octanol–water partition coefficient (Wildman–Crippen LogP) is 4.20. The molecule has 112 valence electrons. The van der Waals surface area contributed by atoms with E-state index in [1.165, 1.54) is 0 Å². The fourth-order valence-electron chi connectivity index (χ4n) is 2.00. The number of alkyl halides is 1. The number of benzene rings is 2. The minimum Gasteiger partial charge on any atom is -0.497 e. The normalized spacial score (nSPS) is 10.2. The number of hydrogen-bond donors (Lipinski definition) is 0. The van der Waals surface area contributed by atoms with Crippen LogP contribution in [-0.2, 0) is 5.88 Å². The molecule has 0 fully saturated rings. The Kier molecular flexibility index (Phi) is 5.76. The maximum absolute atomic E-state index is 5.92. The summed E-state index contributed by atoms with van der Waals surface area (Å²) in [7, 11) is 1.64. The molecule has 0 saturated carbocycles. The van der Waals surface area contributed by atoms with E-state index in [4.69, 9.17) is 25.8 Å². The van der Waals surface area contributed by atoms with Gasteiger partial charge in [0.05, 0.1) is 13.0 Å². The van der Waals surface area contributed by atoms with E-state index >= 15 is 0 Å². The van der Waals surface area contributed by atoms with Crippen LogP contribution in [0.4, 0.5) is 0 Å². The van der Waals surface area contributed by atoms with Crippen LogP contribution in [0, 0.1) is 6.92 Å². The first kappa shape index (κ1) is 15.5. The number of halogens is 1. The molecule has 0 aliphatic rings. The molecule has 0 aliphatic heterocycles. The standard InChI is InChI=1S/C17H19ClO3/c1-13-4-3-5-14(12-18)17(13)21-11-10-20-16-8-6-15(19-2)7-9-16/h3-9H,10-12H2,1-2H3. The Morgan fingerprint density at radius 2 is 1.57 bits per heavy atom. The second-order valence-electron chi connectivity index (χ2n) is 4.57. The minimum atomic E-state index is 0.441. The molecule has 0 unspecified atom stereocenters. The van der Waals surface area contributed by atoms with E-state index in [2.05, 4.69) is 0 Å². The first-order chi connectivity index (χ1) is 10.2. The molecule has 0 bridgehead atoms. The zero-order chi connectivity index (χ0) is 15.1. The maximum Gasteiger partial charge on any atom is 0.126 e. The van der Waals surface area contributed by atoms with Crippen molar-refractivity contribution < 1.29 is 14.2 Å². The molecule has 0 aromatic heterocycles. The summed E-state index contributed by atoms with van der Waals surface area (Å²) in [6.07, 6.45) is 0. The van der Waals surface area contributed by atoms with E-state index in [9.17, 15) is 0 Å². The molecular formula is C17H19ClO3. The fraction of sp³-hybridized carbons (Fsp3) is 0.294. The highest BCUT2D eigenvalue weighted by Crippen LogP contribution is 2.25. The molecule has 0 spiro atoms. The fourth-order valence-corrected chi connectivity index (χ4v) is 2.21. The Morgan fingerprint density at radius 1 is 0.905 bits per heavy atom. The van der Waals surface area contributed by atoms with Crippen molar-refractivity contribution in [3.8, 4) is 17.2 Å². The van der Waals surface area contributed by atoms with Crippen molar-refractivity contribution in [1.82, 2.24) is 0 Å². The van der Waals surface area contributed by atoms with Gasteiger partial charge in [-0.25, -0.2) is 0 Å². The third-order valence-corrected chi connectivity index (χ3v) is 3.38. The van der Waals surface area contributed by atoms with Gasteiger partial charge in [0.1, 0.15) is 30.5 Å². The SMILES string of the molecule is COc1ccc(OCCOc2c(C)cccc2CCl)cc1. The monoisotopic (exact) mass is 306 g/mol. The number of para-hydroxylation sites is 1. The molecule has 2 rings (SSSR count). The molecule has 2 aromatic carbocycles. The average Bonchev–Trinajstić information content (AvgIpc) is 2.53. The molecule has 0 N–H and O–H groups in total. The second-order valence-corrected chi connectivity index (χ2v) is 4.84. The van der Waals surface area contributed by atoms with Crippen molar-refractivity contribution in [1.29, 1.82) is 0 Å². The molecule has 2 aromatic rings. The molecule has 0 amide bonds. The van der Waals surface area contributed by atoms with E-state index in [-0.39, 0.29) is 0 Å². The summed E-state index contributed by atoms with van der Waals surface area (Å²) in [6.45, 7) is 2.96. The Labute approximate surface area is 130 Å². The molecule has 0 saturated heterocycles. The third kappa shape index (κ3) is 4.30. The lowest BCUT2D eigenvalue weighted by atomic mass is 10.1. The minimum absolute atomic E-state index is 0.441. The smallest absolute Gasteiger partial charge is 0.126 e. The highest BCUT2D eigenvalue weighted by Gasteiger charge is 2.06. The second kappa shape index (κ2) is 7.79. The van der Waals surface area contributed by atoms with E-state index in [0.29, 0.717) is 19.1 Å². The van der Waals surface area contributed by atoms with Crippen LogP contribution in [0.25, 0.3) is 0 Å². The Hall–Kier alpha value is -1.87. The lowest BCUT2D eigenvalue weighted by Gasteiger charge is -2.13. The van der Waals surface area contributed by atoms with Crippen LogP contribution in [0.3, 0.4) is 0 Å². The summed E-state index contributed by atoms with van der Waals surface area (Å²) >= 11 is 5.92. The van der Waals surface area contributed by atoms with E-state index in [1.54, 1.807) is 7.11 Å². The van der Waals surface area contributed by atoms with Gasteiger partial charge in [0.25, 0.3) is 0 Å². The lowest BCUT2D eigenvalue weighted by Crippen LogP contribution is -2.10. The molecule has 0 aliphatic carbocycles. The van der Waals surface area contributed by atoms with E-state index in [1.807, 2.05) is 49.4 Å². The Morgan fingerprint density at radius 3 is 2.24 bits per heavy atom. The summed E-state index contributed by atoms with van der Waals surface area (Å²) < 4.78 is 16.5. The van der Waals surface area contributed by atoms with Crippen molar-refractivity contribution >= 4 is 11.6 Å². The van der Waals surface area contributed by atoms with Gasteiger partial charge in [-0.1, -0.05) is 18.2 Å². The highest BCUT2D eigenvalue weighted by atomic mass is 35.5. The van der Waals surface area contributed by atoms with Gasteiger partial charge in [-0.15, -0.1) is 11.6 Å². The van der Waals surface area contributed by atoms with Gasteiger partial charge >= 0.3 is 0 Å². The molecule has 0 radical (unpaired) electrons. The van der Waals surface area contributed by atoms with Crippen molar-refractivity contribution in [3.05, 3.63) is 53.6 Å². The van der Waals surface area contributed by atoms with Crippen molar-refractivity contribution in [2.75, 3.05) is 20.3 Å². The van der Waals surface area contributed by atoms with Gasteiger partial charge < -0.3 is 14.2 Å². The van der Waals surface area contributed by atoms with Crippen LogP contribution in [0.2, 0.25) is 0 Å². The van der Waals surface area contributed by atoms with Gasteiger partial charge in [-0.2, -0.15) is 0 Å². The van der Waals surface area contributed by atoms with Crippen LogP contribution >= 0.6 is 11.6 Å². The summed E-state index contributed by atoms with van der Waals surface area (Å²) in [5.41, 5.74) is 2.08. The van der Waals surface area contributed by atoms with E-state index < -0.39 is 0 Å². The number of aryl methyl sites for hydroxylation is 1. The zero-order valence-electron chi connectivity index (χ0n) is 12.3. The van der Waals surface area contributed by atoms with E-state index in [0.717, 1.165) is 28.4 Å². The van der Waals surface area contributed by atoms with Crippen molar-refractivity contribution in [2.45, 2.75) is 12.8 Å². The quantitative estimate of drug-likeness (QED) is 0.567. The molecule has 0 atom stereocenters. The third-order valence-electron chi connectivity index (χ3n) is 3.10. The van der Waals surface area contributed by atoms with Crippen LogP contribution < -0.4 is 14.2 Å². The summed E-state index contributed by atoms with van der Waals surface area (Å²) in [4.78, 5) is 0. The first-order valence-electron chi connectivity index (χ1n) is 6.78. The molecule has 4 heteroatoms. The molecular weight excluding hydrogens is 288 g/mol. The Bertz CT molecular complexity index is 567.